The highest BCUT2D eigenvalue weighted by Crippen LogP contribution is 2.19. The largest absolute Gasteiger partial charge is 0.273 e. The maximum atomic E-state index is 12.5. The second-order valence-electron chi connectivity index (χ2n) is 6.99. The molecule has 30 heavy (non-hydrogen) atoms. The predicted octanol–water partition coefficient (Wildman–Crippen LogP) is 2.16. The predicted molar refractivity (Wildman–Crippen MR) is 115 cm³/mol. The van der Waals surface area contributed by atoms with Crippen molar-refractivity contribution < 1.29 is 18.0 Å². The van der Waals surface area contributed by atoms with E-state index in [1.807, 2.05) is 49.4 Å². The van der Waals surface area contributed by atoms with Crippen molar-refractivity contribution in [3.05, 3.63) is 77.9 Å². The van der Waals surface area contributed by atoms with Crippen LogP contribution < -0.4 is 10.9 Å². The molecule has 3 aromatic carbocycles. The number of likely N-dealkylation sites (N-methyl/N-ethyl adjacent to an activating group) is 1. The molecule has 0 fully saturated rings. The van der Waals surface area contributed by atoms with Crippen molar-refractivity contribution in [1.29, 1.82) is 0 Å². The summed E-state index contributed by atoms with van der Waals surface area (Å²) in [5, 5.41) is 1.99. The Hall–Kier alpha value is -3.23. The second kappa shape index (κ2) is 9.06. The van der Waals surface area contributed by atoms with Gasteiger partial charge < -0.3 is 0 Å². The fourth-order valence-corrected chi connectivity index (χ4v) is 4.15. The van der Waals surface area contributed by atoms with Gasteiger partial charge in [0.05, 0.1) is 17.9 Å². The SMILES string of the molecule is Cc1ccc(S(=O)(=O)N(C)CC(=O)NNC(=O)Cc2cccc3ccccc23)cc1. The Kier molecular flexibility index (Phi) is 6.49. The van der Waals surface area contributed by atoms with Crippen LogP contribution in [0.4, 0.5) is 0 Å². The molecule has 0 unspecified atom stereocenters. The number of hydrogen-bond donors (Lipinski definition) is 2. The Morgan fingerprint density at radius 2 is 1.50 bits per heavy atom. The van der Waals surface area contributed by atoms with Gasteiger partial charge in [-0.05, 0) is 35.4 Å². The lowest BCUT2D eigenvalue weighted by Gasteiger charge is -2.17. The van der Waals surface area contributed by atoms with Crippen molar-refractivity contribution in [1.82, 2.24) is 15.2 Å². The number of amides is 2. The maximum absolute atomic E-state index is 12.5. The van der Waals surface area contributed by atoms with Gasteiger partial charge in [0.1, 0.15) is 0 Å². The molecule has 0 aliphatic rings. The minimum absolute atomic E-state index is 0.0825. The van der Waals surface area contributed by atoms with Crippen molar-refractivity contribution in [3.63, 3.8) is 0 Å². The van der Waals surface area contributed by atoms with Gasteiger partial charge in [0, 0.05) is 7.05 Å². The lowest BCUT2D eigenvalue weighted by molar-refractivity contribution is -0.128. The molecule has 7 nitrogen and oxygen atoms in total. The standard InChI is InChI=1S/C22H23N3O4S/c1-16-10-12-19(13-11-16)30(28,29)25(2)15-22(27)24-23-21(26)14-18-8-5-7-17-6-3-4-9-20(17)18/h3-13H,14-15H2,1-2H3,(H,23,26)(H,24,27). The zero-order valence-electron chi connectivity index (χ0n) is 16.8. The number of hydrogen-bond acceptors (Lipinski definition) is 4. The Balaban J connectivity index is 1.56. The van der Waals surface area contributed by atoms with Crippen molar-refractivity contribution in [2.45, 2.75) is 18.2 Å². The first-order valence-electron chi connectivity index (χ1n) is 9.35. The average Bonchev–Trinajstić information content (AvgIpc) is 2.73. The van der Waals surface area contributed by atoms with E-state index in [1.165, 1.54) is 19.2 Å². The fourth-order valence-electron chi connectivity index (χ4n) is 3.02. The lowest BCUT2D eigenvalue weighted by Crippen LogP contribution is -2.47. The van der Waals surface area contributed by atoms with E-state index < -0.39 is 28.4 Å². The van der Waals surface area contributed by atoms with E-state index in [0.29, 0.717) is 0 Å². The normalized spacial score (nSPS) is 11.4. The minimum Gasteiger partial charge on any atom is -0.273 e. The van der Waals surface area contributed by atoms with Gasteiger partial charge >= 0.3 is 0 Å². The topological polar surface area (TPSA) is 95.6 Å². The number of fused-ring (bicyclic) bond motifs is 1. The monoisotopic (exact) mass is 425 g/mol. The molecule has 0 heterocycles. The van der Waals surface area contributed by atoms with Gasteiger partial charge in [-0.1, -0.05) is 60.2 Å². The Morgan fingerprint density at radius 3 is 2.23 bits per heavy atom. The molecule has 0 saturated carbocycles. The molecule has 3 aromatic rings. The lowest BCUT2D eigenvalue weighted by atomic mass is 10.0. The molecular weight excluding hydrogens is 402 g/mol. The molecule has 2 N–H and O–H groups in total. The second-order valence-corrected chi connectivity index (χ2v) is 9.03. The van der Waals surface area contributed by atoms with E-state index in [2.05, 4.69) is 10.9 Å². The molecule has 0 aliphatic heterocycles. The Bertz CT molecular complexity index is 1170. The first-order valence-corrected chi connectivity index (χ1v) is 10.8. The van der Waals surface area contributed by atoms with Crippen LogP contribution >= 0.6 is 0 Å². The molecule has 8 heteroatoms. The van der Waals surface area contributed by atoms with E-state index in [1.54, 1.807) is 12.1 Å². The van der Waals surface area contributed by atoms with Crippen LogP contribution in [0, 0.1) is 6.92 Å². The maximum Gasteiger partial charge on any atom is 0.253 e. The van der Waals surface area contributed by atoms with E-state index >= 15 is 0 Å². The fraction of sp³-hybridized carbons (Fsp3) is 0.182. The third-order valence-corrected chi connectivity index (χ3v) is 6.49. The number of nitrogens with one attached hydrogen (secondary N) is 2. The van der Waals surface area contributed by atoms with Gasteiger partial charge in [0.15, 0.2) is 0 Å². The summed E-state index contributed by atoms with van der Waals surface area (Å²) in [6.07, 6.45) is 0.0825. The molecule has 2 amide bonds. The van der Waals surface area contributed by atoms with E-state index in [4.69, 9.17) is 0 Å². The number of hydrazine groups is 1. The van der Waals surface area contributed by atoms with Gasteiger partial charge in [-0.15, -0.1) is 0 Å². The van der Waals surface area contributed by atoms with Gasteiger partial charge in [-0.3, -0.25) is 20.4 Å². The summed E-state index contributed by atoms with van der Waals surface area (Å²) in [5.74, 6) is -1.04. The third kappa shape index (κ3) is 5.03. The van der Waals surface area contributed by atoms with Crippen molar-refractivity contribution in [2.75, 3.05) is 13.6 Å². The number of benzene rings is 3. The first kappa shape index (κ1) is 21.5. The van der Waals surface area contributed by atoms with Gasteiger partial charge in [0.25, 0.3) is 5.91 Å². The summed E-state index contributed by atoms with van der Waals surface area (Å²) >= 11 is 0. The molecule has 156 valence electrons. The molecule has 3 rings (SSSR count). The number of aryl methyl sites for hydroxylation is 1. The van der Waals surface area contributed by atoms with Gasteiger partial charge in [0.2, 0.25) is 15.9 Å². The van der Waals surface area contributed by atoms with Gasteiger partial charge in [-0.2, -0.15) is 4.31 Å². The molecule has 0 saturated heterocycles. The van der Waals surface area contributed by atoms with E-state index in [9.17, 15) is 18.0 Å². The number of nitrogens with zero attached hydrogens (tertiary/aromatic N) is 1. The summed E-state index contributed by atoms with van der Waals surface area (Å²) in [7, 11) is -2.49. The molecule has 0 radical (unpaired) electrons. The molecule has 0 aromatic heterocycles. The zero-order chi connectivity index (χ0) is 21.7. The summed E-state index contributed by atoms with van der Waals surface area (Å²) < 4.78 is 26.0. The summed E-state index contributed by atoms with van der Waals surface area (Å²) in [6.45, 7) is 1.43. The average molecular weight is 426 g/mol. The first-order chi connectivity index (χ1) is 14.3. The van der Waals surface area contributed by atoms with E-state index in [-0.39, 0.29) is 11.3 Å². The number of rotatable bonds is 6. The van der Waals surface area contributed by atoms with Crippen molar-refractivity contribution in [2.24, 2.45) is 0 Å². The Morgan fingerprint density at radius 1 is 0.867 bits per heavy atom. The highest BCUT2D eigenvalue weighted by Gasteiger charge is 2.23. The molecule has 0 atom stereocenters. The zero-order valence-corrected chi connectivity index (χ0v) is 17.6. The number of carbonyl (C=O) groups is 2. The van der Waals surface area contributed by atoms with Gasteiger partial charge in [-0.25, -0.2) is 8.42 Å². The molecular formula is C22H23N3O4S. The van der Waals surface area contributed by atoms with Crippen LogP contribution in [0.15, 0.2) is 71.6 Å². The highest BCUT2D eigenvalue weighted by molar-refractivity contribution is 7.89. The van der Waals surface area contributed by atoms with E-state index in [0.717, 1.165) is 26.2 Å². The highest BCUT2D eigenvalue weighted by atomic mass is 32.2. The van der Waals surface area contributed by atoms with Crippen LogP contribution in [0.25, 0.3) is 10.8 Å². The smallest absolute Gasteiger partial charge is 0.253 e. The molecule has 0 spiro atoms. The van der Waals surface area contributed by atoms with Crippen LogP contribution in [-0.2, 0) is 26.0 Å². The van der Waals surface area contributed by atoms with Crippen molar-refractivity contribution >= 4 is 32.6 Å². The summed E-state index contributed by atoms with van der Waals surface area (Å²) in [6, 6.07) is 19.8. The Labute approximate surface area is 175 Å². The third-order valence-electron chi connectivity index (χ3n) is 4.67. The summed E-state index contributed by atoms with van der Waals surface area (Å²) in [4.78, 5) is 24.5. The number of carbonyl (C=O) groups excluding carboxylic acids is 2. The molecule has 0 bridgehead atoms. The van der Waals surface area contributed by atoms with Crippen LogP contribution in [0.3, 0.4) is 0 Å². The number of sulfonamides is 1. The van der Waals surface area contributed by atoms with Crippen LogP contribution in [-0.4, -0.2) is 38.1 Å². The quantitative estimate of drug-likeness (QED) is 0.592. The van der Waals surface area contributed by atoms with Crippen LogP contribution in [0.5, 0.6) is 0 Å². The van der Waals surface area contributed by atoms with Crippen LogP contribution in [0.2, 0.25) is 0 Å². The summed E-state index contributed by atoms with van der Waals surface area (Å²) in [5.41, 5.74) is 6.38. The minimum atomic E-state index is -3.80. The van der Waals surface area contributed by atoms with Crippen LogP contribution in [0.1, 0.15) is 11.1 Å². The van der Waals surface area contributed by atoms with Crippen molar-refractivity contribution in [3.8, 4) is 0 Å². The molecule has 0 aliphatic carbocycles.